The Labute approximate surface area is 131 Å². The summed E-state index contributed by atoms with van der Waals surface area (Å²) in [6.07, 6.45) is 0.957. The van der Waals surface area contributed by atoms with Crippen LogP contribution in [0.1, 0.15) is 32.8 Å². The van der Waals surface area contributed by atoms with Gasteiger partial charge in [-0.3, -0.25) is 4.79 Å². The van der Waals surface area contributed by atoms with Crippen LogP contribution in [0.25, 0.3) is 0 Å². The Morgan fingerprint density at radius 1 is 1.43 bits per heavy atom. The Balaban J connectivity index is 1.86. The molecule has 0 spiro atoms. The van der Waals surface area contributed by atoms with Gasteiger partial charge >= 0.3 is 0 Å². The molecule has 0 aromatic heterocycles. The molecule has 21 heavy (non-hydrogen) atoms. The number of hydrogen-bond acceptors (Lipinski definition) is 2. The molecule has 1 fully saturated rings. The molecule has 2 N–H and O–H groups in total. The van der Waals surface area contributed by atoms with Crippen molar-refractivity contribution in [2.75, 3.05) is 6.54 Å². The Morgan fingerprint density at radius 3 is 2.71 bits per heavy atom. The topological polar surface area (TPSA) is 44.4 Å². The Kier molecular flexibility index (Phi) is 4.83. The molecule has 4 nitrogen and oxygen atoms in total. The van der Waals surface area contributed by atoms with Gasteiger partial charge in [0.05, 0.1) is 6.54 Å². The van der Waals surface area contributed by atoms with Gasteiger partial charge in [0.15, 0.2) is 5.11 Å². The second kappa shape index (κ2) is 6.43. The summed E-state index contributed by atoms with van der Waals surface area (Å²) >= 11 is 5.38. The molecule has 0 aliphatic carbocycles. The maximum Gasteiger partial charge on any atom is 0.239 e. The Hall–Kier alpha value is -1.62. The van der Waals surface area contributed by atoms with Gasteiger partial charge < -0.3 is 15.5 Å². The number of nitrogens with zero attached hydrogens (tertiary/aromatic N) is 1. The lowest BCUT2D eigenvalue weighted by molar-refractivity contribution is -0.122. The first-order valence-electron chi connectivity index (χ1n) is 7.27. The second-order valence-electron chi connectivity index (χ2n) is 6.26. The first kappa shape index (κ1) is 15.8. The fourth-order valence-electron chi connectivity index (χ4n) is 2.70. The quantitative estimate of drug-likeness (QED) is 0.836. The lowest BCUT2D eigenvalue weighted by Crippen LogP contribution is -2.61. The second-order valence-corrected chi connectivity index (χ2v) is 6.64. The summed E-state index contributed by atoms with van der Waals surface area (Å²) in [6.45, 7) is 7.22. The van der Waals surface area contributed by atoms with Crippen LogP contribution in [-0.2, 0) is 11.3 Å². The van der Waals surface area contributed by atoms with Gasteiger partial charge in [-0.2, -0.15) is 0 Å². The van der Waals surface area contributed by atoms with Crippen LogP contribution in [0.4, 0.5) is 0 Å². The van der Waals surface area contributed by atoms with Crippen molar-refractivity contribution in [1.82, 2.24) is 15.5 Å². The molecule has 5 heteroatoms. The molecule has 0 saturated carbocycles. The fraction of sp³-hybridized carbons (Fsp3) is 0.500. The van der Waals surface area contributed by atoms with Gasteiger partial charge in [-0.25, -0.2) is 0 Å². The van der Waals surface area contributed by atoms with Crippen molar-refractivity contribution in [3.63, 3.8) is 0 Å². The van der Waals surface area contributed by atoms with Gasteiger partial charge in [0.1, 0.15) is 0 Å². The summed E-state index contributed by atoms with van der Waals surface area (Å²) in [7, 11) is 0. The maximum atomic E-state index is 12.1. The lowest BCUT2D eigenvalue weighted by Gasteiger charge is -2.44. The normalized spacial score (nSPS) is 20.8. The molecule has 1 heterocycles. The van der Waals surface area contributed by atoms with E-state index >= 15 is 0 Å². The Morgan fingerprint density at radius 2 is 2.10 bits per heavy atom. The van der Waals surface area contributed by atoms with Gasteiger partial charge in [0.2, 0.25) is 5.91 Å². The van der Waals surface area contributed by atoms with Crippen molar-refractivity contribution in [1.29, 1.82) is 0 Å². The van der Waals surface area contributed by atoms with Gasteiger partial charge in [-0.15, -0.1) is 0 Å². The van der Waals surface area contributed by atoms with E-state index in [0.717, 1.165) is 12.0 Å². The van der Waals surface area contributed by atoms with E-state index in [4.69, 9.17) is 12.2 Å². The summed E-state index contributed by atoms with van der Waals surface area (Å²) < 4.78 is 0. The van der Waals surface area contributed by atoms with Crippen molar-refractivity contribution in [3.8, 4) is 0 Å². The molecule has 0 unspecified atom stereocenters. The minimum absolute atomic E-state index is 0.00504. The standard InChI is InChI=1S/C16H23N3OS/c1-12-9-16(2,3)18-15(21)19(12)11-14(20)17-10-13-7-5-4-6-8-13/h4-8,12H,9-11H2,1-3H3,(H,17,20)(H,18,21)/t12-/m0/s1. The van der Waals surface area contributed by atoms with Crippen molar-refractivity contribution < 1.29 is 4.79 Å². The molecule has 0 radical (unpaired) electrons. The molecular weight excluding hydrogens is 282 g/mol. The van der Waals surface area contributed by atoms with E-state index in [9.17, 15) is 4.79 Å². The van der Waals surface area contributed by atoms with E-state index in [1.165, 1.54) is 0 Å². The summed E-state index contributed by atoms with van der Waals surface area (Å²) in [6, 6.07) is 10.2. The largest absolute Gasteiger partial charge is 0.358 e. The number of nitrogens with one attached hydrogen (secondary N) is 2. The molecule has 0 bridgehead atoms. The van der Waals surface area contributed by atoms with Gasteiger partial charge in [0, 0.05) is 18.1 Å². The zero-order valence-corrected chi connectivity index (χ0v) is 13.7. The van der Waals surface area contributed by atoms with Crippen LogP contribution in [0.15, 0.2) is 30.3 Å². The lowest BCUT2D eigenvalue weighted by atomic mass is 9.93. The first-order chi connectivity index (χ1) is 9.87. The van der Waals surface area contributed by atoms with E-state index in [2.05, 4.69) is 31.4 Å². The van der Waals surface area contributed by atoms with Crippen molar-refractivity contribution in [2.24, 2.45) is 0 Å². The molecule has 1 amide bonds. The van der Waals surface area contributed by atoms with E-state index in [0.29, 0.717) is 18.2 Å². The number of carbonyl (C=O) groups is 1. The van der Waals surface area contributed by atoms with Crippen LogP contribution in [0.3, 0.4) is 0 Å². The smallest absolute Gasteiger partial charge is 0.239 e. The molecule has 1 aromatic rings. The van der Waals surface area contributed by atoms with E-state index < -0.39 is 0 Å². The third kappa shape index (κ3) is 4.43. The maximum absolute atomic E-state index is 12.1. The minimum Gasteiger partial charge on any atom is -0.358 e. The number of hydrogen-bond donors (Lipinski definition) is 2. The molecule has 1 aliphatic heterocycles. The zero-order valence-electron chi connectivity index (χ0n) is 12.8. The number of amides is 1. The van der Waals surface area contributed by atoms with Crippen LogP contribution >= 0.6 is 12.2 Å². The number of thiocarbonyl (C=S) groups is 1. The van der Waals surface area contributed by atoms with E-state index in [1.807, 2.05) is 35.2 Å². The minimum atomic E-state index is -0.00643. The highest BCUT2D eigenvalue weighted by Gasteiger charge is 2.33. The first-order valence-corrected chi connectivity index (χ1v) is 7.68. The highest BCUT2D eigenvalue weighted by molar-refractivity contribution is 7.80. The number of benzene rings is 1. The molecule has 1 aliphatic rings. The molecule has 2 rings (SSSR count). The van der Waals surface area contributed by atoms with E-state index in [-0.39, 0.29) is 17.5 Å². The van der Waals surface area contributed by atoms with Crippen LogP contribution in [0.5, 0.6) is 0 Å². The number of carbonyl (C=O) groups excluding carboxylic acids is 1. The summed E-state index contributed by atoms with van der Waals surface area (Å²) in [5, 5.41) is 6.89. The van der Waals surface area contributed by atoms with Crippen molar-refractivity contribution in [2.45, 2.75) is 45.3 Å². The van der Waals surface area contributed by atoms with Gasteiger partial charge in [0.25, 0.3) is 0 Å². The summed E-state index contributed by atoms with van der Waals surface area (Å²) in [4.78, 5) is 14.1. The van der Waals surface area contributed by atoms with Gasteiger partial charge in [-0.1, -0.05) is 30.3 Å². The predicted octanol–water partition coefficient (Wildman–Crippen LogP) is 2.05. The highest BCUT2D eigenvalue weighted by Crippen LogP contribution is 2.21. The fourth-order valence-corrected chi connectivity index (χ4v) is 3.22. The zero-order chi connectivity index (χ0) is 15.5. The van der Waals surface area contributed by atoms with Crippen molar-refractivity contribution >= 4 is 23.2 Å². The third-order valence-electron chi connectivity index (χ3n) is 3.69. The van der Waals surface area contributed by atoms with Crippen LogP contribution in [0, 0.1) is 0 Å². The highest BCUT2D eigenvalue weighted by atomic mass is 32.1. The molecular formula is C16H23N3OS. The molecule has 1 atom stereocenters. The molecule has 114 valence electrons. The van der Waals surface area contributed by atoms with Crippen LogP contribution < -0.4 is 10.6 Å². The molecule has 1 aromatic carbocycles. The summed E-state index contributed by atoms with van der Waals surface area (Å²) in [5.74, 6) is -0.00504. The SMILES string of the molecule is C[C@H]1CC(C)(C)NC(=S)N1CC(=O)NCc1ccccc1. The molecule has 1 saturated heterocycles. The number of rotatable bonds is 4. The van der Waals surface area contributed by atoms with Crippen LogP contribution in [0.2, 0.25) is 0 Å². The van der Waals surface area contributed by atoms with E-state index in [1.54, 1.807) is 0 Å². The monoisotopic (exact) mass is 305 g/mol. The third-order valence-corrected chi connectivity index (χ3v) is 4.03. The Bertz CT molecular complexity index is 516. The van der Waals surface area contributed by atoms with Crippen LogP contribution in [-0.4, -0.2) is 34.0 Å². The average Bonchev–Trinajstić information content (AvgIpc) is 2.41. The predicted molar refractivity (Wildman–Crippen MR) is 88.9 cm³/mol. The van der Waals surface area contributed by atoms with Gasteiger partial charge in [-0.05, 0) is 45.0 Å². The summed E-state index contributed by atoms with van der Waals surface area (Å²) in [5.41, 5.74) is 1.09. The van der Waals surface area contributed by atoms with Crippen molar-refractivity contribution in [3.05, 3.63) is 35.9 Å². The average molecular weight is 305 g/mol.